The van der Waals surface area contributed by atoms with E-state index in [9.17, 15) is 14.9 Å². The summed E-state index contributed by atoms with van der Waals surface area (Å²) >= 11 is 3.35. The van der Waals surface area contributed by atoms with Crippen molar-refractivity contribution in [2.45, 2.75) is 0 Å². The van der Waals surface area contributed by atoms with Crippen molar-refractivity contribution in [2.24, 2.45) is 4.99 Å². The molecule has 0 fully saturated rings. The number of carbonyl (C=O) groups is 1. The van der Waals surface area contributed by atoms with Crippen LogP contribution in [0.1, 0.15) is 11.3 Å². The minimum absolute atomic E-state index is 0.00926. The van der Waals surface area contributed by atoms with Gasteiger partial charge in [-0.15, -0.1) is 0 Å². The number of cyclic esters (lactones) is 1. The number of benzene rings is 1. The summed E-state index contributed by atoms with van der Waals surface area (Å²) in [6, 6.07) is 9.73. The largest absolute Gasteiger partial charge is 0.433 e. The molecule has 0 radical (unpaired) electrons. The molecule has 0 bridgehead atoms. The normalized spacial score (nSPS) is 15.8. The van der Waals surface area contributed by atoms with Crippen LogP contribution < -0.4 is 0 Å². The second kappa shape index (κ2) is 5.57. The Balaban J connectivity index is 1.94. The van der Waals surface area contributed by atoms with Gasteiger partial charge in [-0.3, -0.25) is 10.1 Å². The van der Waals surface area contributed by atoms with Crippen LogP contribution in [0.4, 0.5) is 5.88 Å². The van der Waals surface area contributed by atoms with E-state index in [1.165, 1.54) is 18.2 Å². The summed E-state index contributed by atoms with van der Waals surface area (Å²) in [5.41, 5.74) is 0.639. The summed E-state index contributed by atoms with van der Waals surface area (Å²) in [6.45, 7) is 0. The van der Waals surface area contributed by atoms with Crippen molar-refractivity contribution in [1.82, 2.24) is 0 Å². The van der Waals surface area contributed by atoms with Gasteiger partial charge in [0.1, 0.15) is 10.7 Å². The Hall–Kier alpha value is -2.74. The molecule has 0 atom stereocenters. The summed E-state index contributed by atoms with van der Waals surface area (Å²) < 4.78 is 10.8. The van der Waals surface area contributed by atoms with Gasteiger partial charge in [0.2, 0.25) is 5.90 Å². The summed E-state index contributed by atoms with van der Waals surface area (Å²) in [7, 11) is 0. The molecule has 0 aliphatic carbocycles. The number of hydrogen-bond donors (Lipinski definition) is 0. The number of ether oxygens (including phenoxy) is 1. The molecule has 0 unspecified atom stereocenters. The predicted octanol–water partition coefficient (Wildman–Crippen LogP) is 3.29. The van der Waals surface area contributed by atoms with Crippen molar-refractivity contribution < 1.29 is 18.9 Å². The van der Waals surface area contributed by atoms with Crippen molar-refractivity contribution in [2.75, 3.05) is 0 Å². The molecular weight excluding hydrogens is 356 g/mol. The minimum Gasteiger partial charge on any atom is -0.402 e. The van der Waals surface area contributed by atoms with Gasteiger partial charge in [0.15, 0.2) is 5.70 Å². The Kier molecular flexibility index (Phi) is 3.60. The number of rotatable bonds is 3. The molecule has 1 aromatic carbocycles. The van der Waals surface area contributed by atoms with Crippen molar-refractivity contribution in [3.05, 3.63) is 68.0 Å². The van der Waals surface area contributed by atoms with Crippen LogP contribution in [0.5, 0.6) is 0 Å². The number of nitrogens with zero attached hydrogens (tertiary/aromatic N) is 2. The highest BCUT2D eigenvalue weighted by Crippen LogP contribution is 2.25. The third kappa shape index (κ3) is 2.68. The molecule has 0 spiro atoms. The maximum Gasteiger partial charge on any atom is 0.433 e. The average molecular weight is 363 g/mol. The number of esters is 1. The van der Waals surface area contributed by atoms with Crippen LogP contribution in [0.3, 0.4) is 0 Å². The number of aliphatic imine (C=N–C) groups is 1. The standard InChI is InChI=1S/C14H7BrN2O5/c15-10-4-2-1-3-9(10)13-16-11(14(18)22-13)7-8-5-6-12(21-8)17(19)20/h1-7H/b11-7-. The van der Waals surface area contributed by atoms with Crippen LogP contribution in [0.15, 0.2) is 56.0 Å². The molecule has 110 valence electrons. The maximum atomic E-state index is 11.8. The zero-order valence-electron chi connectivity index (χ0n) is 10.9. The van der Waals surface area contributed by atoms with E-state index < -0.39 is 16.8 Å². The SMILES string of the molecule is O=C1OC(c2ccccc2Br)=N/C1=C\c1ccc([N+](=O)[O-])o1. The van der Waals surface area contributed by atoms with Gasteiger partial charge >= 0.3 is 11.9 Å². The second-order valence-electron chi connectivity index (χ2n) is 4.25. The molecule has 1 aliphatic rings. The third-order valence-electron chi connectivity index (χ3n) is 2.80. The van der Waals surface area contributed by atoms with E-state index in [0.29, 0.717) is 5.56 Å². The summed E-state index contributed by atoms with van der Waals surface area (Å²) in [5, 5.41) is 10.6. The van der Waals surface area contributed by atoms with E-state index in [-0.39, 0.29) is 17.4 Å². The lowest BCUT2D eigenvalue weighted by Crippen LogP contribution is -2.05. The molecule has 22 heavy (non-hydrogen) atoms. The van der Waals surface area contributed by atoms with Gasteiger partial charge in [-0.2, -0.15) is 0 Å². The van der Waals surface area contributed by atoms with Crippen LogP contribution >= 0.6 is 15.9 Å². The smallest absolute Gasteiger partial charge is 0.402 e. The van der Waals surface area contributed by atoms with Crippen LogP contribution in [-0.2, 0) is 9.53 Å². The van der Waals surface area contributed by atoms with E-state index >= 15 is 0 Å². The highest BCUT2D eigenvalue weighted by molar-refractivity contribution is 9.10. The fourth-order valence-electron chi connectivity index (χ4n) is 1.81. The molecule has 0 saturated carbocycles. The van der Waals surface area contributed by atoms with Crippen LogP contribution in [0.2, 0.25) is 0 Å². The number of carbonyl (C=O) groups excluding carboxylic acids is 1. The molecule has 2 aromatic rings. The summed E-state index contributed by atoms with van der Waals surface area (Å²) in [5.74, 6) is -0.751. The van der Waals surface area contributed by atoms with Crippen molar-refractivity contribution >= 4 is 39.8 Å². The lowest BCUT2D eigenvalue weighted by atomic mass is 10.2. The van der Waals surface area contributed by atoms with Crippen LogP contribution in [0, 0.1) is 10.1 Å². The molecule has 7 nitrogen and oxygen atoms in total. The molecule has 1 aromatic heterocycles. The Morgan fingerprint density at radius 3 is 2.68 bits per heavy atom. The summed E-state index contributed by atoms with van der Waals surface area (Å²) in [4.78, 5) is 25.8. The van der Waals surface area contributed by atoms with Gasteiger partial charge < -0.3 is 9.15 Å². The number of halogens is 1. The Morgan fingerprint density at radius 1 is 1.23 bits per heavy atom. The molecule has 0 amide bonds. The quantitative estimate of drug-likeness (QED) is 0.361. The molecule has 8 heteroatoms. The van der Waals surface area contributed by atoms with E-state index in [0.717, 1.165) is 4.47 Å². The Labute approximate surface area is 132 Å². The van der Waals surface area contributed by atoms with Crippen molar-refractivity contribution in [3.8, 4) is 0 Å². The van der Waals surface area contributed by atoms with Crippen LogP contribution in [-0.4, -0.2) is 16.8 Å². The zero-order chi connectivity index (χ0) is 15.7. The topological polar surface area (TPSA) is 94.9 Å². The average Bonchev–Trinajstić information content (AvgIpc) is 3.08. The molecule has 2 heterocycles. The predicted molar refractivity (Wildman–Crippen MR) is 80.1 cm³/mol. The zero-order valence-corrected chi connectivity index (χ0v) is 12.4. The van der Waals surface area contributed by atoms with E-state index in [2.05, 4.69) is 20.9 Å². The lowest BCUT2D eigenvalue weighted by Gasteiger charge is -2.01. The Bertz CT molecular complexity index is 837. The van der Waals surface area contributed by atoms with Gasteiger partial charge in [0, 0.05) is 10.5 Å². The van der Waals surface area contributed by atoms with E-state index in [1.807, 2.05) is 6.07 Å². The van der Waals surface area contributed by atoms with Gasteiger partial charge in [-0.1, -0.05) is 12.1 Å². The molecule has 3 rings (SSSR count). The van der Waals surface area contributed by atoms with E-state index in [4.69, 9.17) is 9.15 Å². The highest BCUT2D eigenvalue weighted by Gasteiger charge is 2.26. The third-order valence-corrected chi connectivity index (χ3v) is 3.49. The molecular formula is C14H7BrN2O5. The van der Waals surface area contributed by atoms with Gasteiger partial charge in [0.25, 0.3) is 0 Å². The van der Waals surface area contributed by atoms with Gasteiger partial charge in [-0.05, 0) is 34.1 Å². The minimum atomic E-state index is -0.662. The fourth-order valence-corrected chi connectivity index (χ4v) is 2.27. The maximum absolute atomic E-state index is 11.8. The fraction of sp³-hybridized carbons (Fsp3) is 0. The number of hydrogen-bond acceptors (Lipinski definition) is 6. The second-order valence-corrected chi connectivity index (χ2v) is 5.10. The lowest BCUT2D eigenvalue weighted by molar-refractivity contribution is -0.402. The highest BCUT2D eigenvalue weighted by atomic mass is 79.9. The van der Waals surface area contributed by atoms with Crippen molar-refractivity contribution in [3.63, 3.8) is 0 Å². The number of furan rings is 1. The van der Waals surface area contributed by atoms with Gasteiger partial charge in [-0.25, -0.2) is 9.79 Å². The number of nitro groups is 1. The van der Waals surface area contributed by atoms with Gasteiger partial charge in [0.05, 0.1) is 11.6 Å². The molecule has 1 aliphatic heterocycles. The van der Waals surface area contributed by atoms with Crippen molar-refractivity contribution in [1.29, 1.82) is 0 Å². The molecule has 0 N–H and O–H groups in total. The summed E-state index contributed by atoms with van der Waals surface area (Å²) in [6.07, 6.45) is 1.29. The monoisotopic (exact) mass is 362 g/mol. The first-order valence-electron chi connectivity index (χ1n) is 6.06. The first-order chi connectivity index (χ1) is 10.5. The first-order valence-corrected chi connectivity index (χ1v) is 6.85. The Morgan fingerprint density at radius 2 is 2.00 bits per heavy atom. The van der Waals surface area contributed by atoms with E-state index in [1.54, 1.807) is 18.2 Å². The first kappa shape index (κ1) is 14.2. The molecule has 0 saturated heterocycles. The van der Waals surface area contributed by atoms with Crippen LogP contribution in [0.25, 0.3) is 6.08 Å².